The van der Waals surface area contributed by atoms with Crippen LogP contribution in [0, 0.1) is 6.92 Å². The van der Waals surface area contributed by atoms with E-state index in [4.69, 9.17) is 0 Å². The van der Waals surface area contributed by atoms with Gasteiger partial charge in [-0.25, -0.2) is 4.98 Å². The summed E-state index contributed by atoms with van der Waals surface area (Å²) in [5, 5.41) is 3.00. The minimum atomic E-state index is -0.00988. The molecule has 0 radical (unpaired) electrons. The lowest BCUT2D eigenvalue weighted by molar-refractivity contribution is 0.0952. The molecule has 0 atom stereocenters. The van der Waals surface area contributed by atoms with Crippen molar-refractivity contribution in [1.82, 2.24) is 19.6 Å². The fourth-order valence-corrected chi connectivity index (χ4v) is 3.02. The number of carbonyl (C=O) groups is 1. The zero-order valence-electron chi connectivity index (χ0n) is 13.2. The molecule has 0 saturated carbocycles. The molecule has 3 rings (SSSR count). The highest BCUT2D eigenvalue weighted by Crippen LogP contribution is 2.09. The highest BCUT2D eigenvalue weighted by Gasteiger charge is 2.10. The molecule has 0 unspecified atom stereocenters. The summed E-state index contributed by atoms with van der Waals surface area (Å²) in [5.74, 6) is -0.00988. The highest BCUT2D eigenvalue weighted by molar-refractivity contribution is 5.94. The first-order valence-electron chi connectivity index (χ1n) is 8.18. The van der Waals surface area contributed by atoms with Gasteiger partial charge in [-0.15, -0.1) is 0 Å². The smallest absolute Gasteiger partial charge is 0.251 e. The van der Waals surface area contributed by atoms with E-state index in [1.54, 1.807) is 0 Å². The Balaban J connectivity index is 1.44. The number of aromatic nitrogens is 2. The van der Waals surface area contributed by atoms with Gasteiger partial charge in [-0.1, -0.05) is 0 Å². The third kappa shape index (κ3) is 3.65. The van der Waals surface area contributed by atoms with Crippen LogP contribution in [-0.2, 0) is 0 Å². The monoisotopic (exact) mass is 300 g/mol. The van der Waals surface area contributed by atoms with Crippen LogP contribution in [0.15, 0.2) is 24.5 Å². The van der Waals surface area contributed by atoms with E-state index in [0.717, 1.165) is 37.3 Å². The van der Waals surface area contributed by atoms with Gasteiger partial charge in [0.05, 0.1) is 5.69 Å². The van der Waals surface area contributed by atoms with Gasteiger partial charge in [-0.05, 0) is 64.4 Å². The number of nitrogens with one attached hydrogen (secondary N) is 1. The van der Waals surface area contributed by atoms with Gasteiger partial charge in [-0.2, -0.15) is 0 Å². The highest BCUT2D eigenvalue weighted by atomic mass is 16.1. The van der Waals surface area contributed by atoms with Crippen LogP contribution in [0.25, 0.3) is 5.65 Å². The number of pyridine rings is 1. The molecule has 2 aromatic heterocycles. The average Bonchev–Trinajstić information content (AvgIpc) is 3.13. The van der Waals surface area contributed by atoms with Crippen LogP contribution in [-0.4, -0.2) is 46.4 Å². The minimum Gasteiger partial charge on any atom is -0.352 e. The van der Waals surface area contributed by atoms with Crippen molar-refractivity contribution in [3.8, 4) is 0 Å². The molecule has 1 N–H and O–H groups in total. The quantitative estimate of drug-likeness (QED) is 0.833. The summed E-state index contributed by atoms with van der Waals surface area (Å²) < 4.78 is 1.93. The van der Waals surface area contributed by atoms with Crippen molar-refractivity contribution in [3.05, 3.63) is 35.8 Å². The molecule has 5 nitrogen and oxygen atoms in total. The Labute approximate surface area is 131 Å². The number of imidazole rings is 1. The number of amides is 1. The lowest BCUT2D eigenvalue weighted by Crippen LogP contribution is -2.26. The predicted molar refractivity (Wildman–Crippen MR) is 87.2 cm³/mol. The summed E-state index contributed by atoms with van der Waals surface area (Å²) in [6.07, 6.45) is 8.71. The van der Waals surface area contributed by atoms with Crippen LogP contribution in [0.3, 0.4) is 0 Å². The summed E-state index contributed by atoms with van der Waals surface area (Å²) in [6, 6.07) is 3.68. The fourth-order valence-electron chi connectivity index (χ4n) is 3.02. The lowest BCUT2D eigenvalue weighted by Gasteiger charge is -2.14. The second-order valence-corrected chi connectivity index (χ2v) is 6.07. The Hall–Kier alpha value is -1.88. The molecule has 118 valence electrons. The molecule has 0 bridgehead atoms. The fraction of sp³-hybridized carbons (Fsp3) is 0.529. The number of hydrogen-bond donors (Lipinski definition) is 1. The van der Waals surface area contributed by atoms with Crippen LogP contribution < -0.4 is 5.32 Å². The average molecular weight is 300 g/mol. The molecule has 0 spiro atoms. The van der Waals surface area contributed by atoms with Gasteiger partial charge in [0.25, 0.3) is 5.91 Å². The number of fused-ring (bicyclic) bond motifs is 1. The van der Waals surface area contributed by atoms with Crippen molar-refractivity contribution in [3.63, 3.8) is 0 Å². The number of carbonyl (C=O) groups excluding carboxylic acids is 1. The number of nitrogens with zero attached hydrogens (tertiary/aromatic N) is 3. The Bertz CT molecular complexity index is 643. The normalized spacial score (nSPS) is 15.5. The van der Waals surface area contributed by atoms with Gasteiger partial charge in [0.2, 0.25) is 0 Å². The maximum absolute atomic E-state index is 12.2. The molecule has 2 aromatic rings. The Morgan fingerprint density at radius 1 is 1.32 bits per heavy atom. The van der Waals surface area contributed by atoms with Crippen LogP contribution in [0.2, 0.25) is 0 Å². The Morgan fingerprint density at radius 2 is 2.14 bits per heavy atom. The van der Waals surface area contributed by atoms with Gasteiger partial charge in [-0.3, -0.25) is 4.79 Å². The third-order valence-electron chi connectivity index (χ3n) is 4.23. The maximum Gasteiger partial charge on any atom is 0.251 e. The molecule has 3 heterocycles. The van der Waals surface area contributed by atoms with Crippen molar-refractivity contribution < 1.29 is 4.79 Å². The second-order valence-electron chi connectivity index (χ2n) is 6.07. The zero-order valence-corrected chi connectivity index (χ0v) is 13.2. The summed E-state index contributed by atoms with van der Waals surface area (Å²) in [5.41, 5.74) is 2.45. The molecular formula is C17H24N4O. The van der Waals surface area contributed by atoms with Gasteiger partial charge < -0.3 is 14.6 Å². The van der Waals surface area contributed by atoms with Crippen molar-refractivity contribution in [2.75, 3.05) is 26.2 Å². The van der Waals surface area contributed by atoms with E-state index in [0.29, 0.717) is 5.56 Å². The van der Waals surface area contributed by atoms with Crippen LogP contribution in [0.4, 0.5) is 0 Å². The number of aryl methyl sites for hydroxylation is 1. The predicted octanol–water partition coefficient (Wildman–Crippen LogP) is 2.25. The van der Waals surface area contributed by atoms with E-state index < -0.39 is 0 Å². The first-order chi connectivity index (χ1) is 10.7. The van der Waals surface area contributed by atoms with Crippen molar-refractivity contribution in [1.29, 1.82) is 0 Å². The Morgan fingerprint density at radius 3 is 2.95 bits per heavy atom. The summed E-state index contributed by atoms with van der Waals surface area (Å²) >= 11 is 0. The van der Waals surface area contributed by atoms with Crippen molar-refractivity contribution in [2.24, 2.45) is 0 Å². The lowest BCUT2D eigenvalue weighted by atomic mass is 10.2. The molecule has 0 aliphatic carbocycles. The molecule has 1 amide bonds. The van der Waals surface area contributed by atoms with Crippen LogP contribution >= 0.6 is 0 Å². The number of rotatable bonds is 6. The number of likely N-dealkylation sites (tertiary alicyclic amines) is 1. The van der Waals surface area contributed by atoms with E-state index in [1.807, 2.05) is 35.9 Å². The molecule has 1 aliphatic heterocycles. The Kier molecular flexibility index (Phi) is 4.73. The number of unbranched alkanes of at least 4 members (excludes halogenated alkanes) is 1. The number of hydrogen-bond acceptors (Lipinski definition) is 3. The van der Waals surface area contributed by atoms with E-state index in [9.17, 15) is 4.79 Å². The minimum absolute atomic E-state index is 0.00988. The van der Waals surface area contributed by atoms with Gasteiger partial charge in [0.1, 0.15) is 5.65 Å². The molecule has 5 heteroatoms. The van der Waals surface area contributed by atoms with Crippen LogP contribution in [0.5, 0.6) is 0 Å². The first-order valence-corrected chi connectivity index (χ1v) is 8.18. The molecule has 1 aliphatic rings. The van der Waals surface area contributed by atoms with E-state index in [1.165, 1.54) is 25.9 Å². The van der Waals surface area contributed by atoms with E-state index in [2.05, 4.69) is 15.2 Å². The summed E-state index contributed by atoms with van der Waals surface area (Å²) in [6.45, 7) is 6.35. The molecule has 22 heavy (non-hydrogen) atoms. The largest absolute Gasteiger partial charge is 0.352 e. The zero-order chi connectivity index (χ0) is 15.4. The third-order valence-corrected chi connectivity index (χ3v) is 4.23. The first kappa shape index (κ1) is 15.0. The van der Waals surface area contributed by atoms with E-state index in [-0.39, 0.29) is 5.91 Å². The second kappa shape index (κ2) is 6.92. The standard InChI is InChI=1S/C17H24N4O/c1-14-13-21-11-6-15(12-16(21)19-14)17(22)18-7-2-3-8-20-9-4-5-10-20/h6,11-13H,2-5,7-10H2,1H3,(H,18,22). The van der Waals surface area contributed by atoms with Crippen molar-refractivity contribution in [2.45, 2.75) is 32.6 Å². The summed E-state index contributed by atoms with van der Waals surface area (Å²) in [7, 11) is 0. The van der Waals surface area contributed by atoms with Crippen LogP contribution in [0.1, 0.15) is 41.7 Å². The SMILES string of the molecule is Cc1cn2ccc(C(=O)NCCCCN3CCCC3)cc2n1. The van der Waals surface area contributed by atoms with Gasteiger partial charge in [0.15, 0.2) is 0 Å². The van der Waals surface area contributed by atoms with Crippen molar-refractivity contribution >= 4 is 11.6 Å². The molecule has 1 saturated heterocycles. The molecule has 1 fully saturated rings. The summed E-state index contributed by atoms with van der Waals surface area (Å²) in [4.78, 5) is 19.1. The van der Waals surface area contributed by atoms with E-state index >= 15 is 0 Å². The topological polar surface area (TPSA) is 49.6 Å². The maximum atomic E-state index is 12.2. The molecule has 0 aromatic carbocycles. The van der Waals surface area contributed by atoms with Gasteiger partial charge >= 0.3 is 0 Å². The molecular weight excluding hydrogens is 276 g/mol. The van der Waals surface area contributed by atoms with Gasteiger partial charge in [0, 0.05) is 24.5 Å².